The molecule has 2 aromatic carbocycles. The van der Waals surface area contributed by atoms with Gasteiger partial charge in [0.2, 0.25) is 5.88 Å². The van der Waals surface area contributed by atoms with Crippen LogP contribution in [-0.4, -0.2) is 34.7 Å². The Morgan fingerprint density at radius 1 is 1.23 bits per heavy atom. The number of aromatic amines is 1. The van der Waals surface area contributed by atoms with Crippen LogP contribution in [0, 0.1) is 13.8 Å². The molecule has 0 spiro atoms. The maximum Gasteiger partial charge on any atom is 0.285 e. The van der Waals surface area contributed by atoms with Gasteiger partial charge >= 0.3 is 0 Å². The summed E-state index contributed by atoms with van der Waals surface area (Å²) < 4.78 is 12.2. The van der Waals surface area contributed by atoms with Crippen molar-refractivity contribution >= 4 is 17.9 Å². The van der Waals surface area contributed by atoms with E-state index >= 15 is 0 Å². The number of nitrogens with zero attached hydrogens (tertiary/aromatic N) is 2. The molecule has 1 heterocycles. The molecule has 1 unspecified atom stereocenters. The Labute approximate surface area is 179 Å². The number of carbonyl (C=O) groups excluding carboxylic acids is 1. The Hall–Kier alpha value is -3.81. The van der Waals surface area contributed by atoms with E-state index in [0.29, 0.717) is 30.0 Å². The fourth-order valence-electron chi connectivity index (χ4n) is 3.04. The van der Waals surface area contributed by atoms with Gasteiger partial charge in [-0.05, 0) is 63.6 Å². The van der Waals surface area contributed by atoms with E-state index in [0.717, 1.165) is 11.1 Å². The standard InChI is InChI=1S/C23H25N3O5/c1-5-30-22-19(13-27)23(29)26(25-22)18-9-7-17(8-10-18)24-21(28)16(4)31-20-11-6-14(2)12-15(20)3/h6-13,16,25H,5H2,1-4H3,(H,24,28)/p-1. The Morgan fingerprint density at radius 2 is 1.94 bits per heavy atom. The van der Waals surface area contributed by atoms with Crippen LogP contribution in [0.4, 0.5) is 5.69 Å². The topological polar surface area (TPSA) is 109 Å². The zero-order valence-corrected chi connectivity index (χ0v) is 17.8. The van der Waals surface area contributed by atoms with E-state index in [1.54, 1.807) is 38.1 Å². The minimum absolute atomic E-state index is 0.0804. The molecule has 0 aliphatic heterocycles. The highest BCUT2D eigenvalue weighted by Crippen LogP contribution is 2.21. The summed E-state index contributed by atoms with van der Waals surface area (Å²) in [4.78, 5) is 27.7. The first-order valence-corrected chi connectivity index (χ1v) is 9.87. The van der Waals surface area contributed by atoms with Gasteiger partial charge in [-0.15, -0.1) is 0 Å². The number of hydrogen-bond acceptors (Lipinski definition) is 6. The summed E-state index contributed by atoms with van der Waals surface area (Å²) in [5.74, 6) is 0.328. The van der Waals surface area contributed by atoms with Crippen LogP contribution < -0.4 is 20.1 Å². The predicted molar refractivity (Wildman–Crippen MR) is 116 cm³/mol. The highest BCUT2D eigenvalue weighted by molar-refractivity contribution is 5.80. The van der Waals surface area contributed by atoms with Crippen molar-refractivity contribution in [2.24, 2.45) is 4.99 Å². The van der Waals surface area contributed by atoms with Crippen LogP contribution in [0.15, 0.2) is 52.3 Å². The molecule has 0 saturated heterocycles. The van der Waals surface area contributed by atoms with Crippen LogP contribution in [0.5, 0.6) is 11.6 Å². The van der Waals surface area contributed by atoms with Crippen molar-refractivity contribution in [3.63, 3.8) is 0 Å². The Kier molecular flexibility index (Phi) is 6.59. The van der Waals surface area contributed by atoms with Crippen LogP contribution in [0.25, 0.3) is 5.69 Å². The number of rotatable bonds is 8. The maximum absolute atomic E-state index is 12.5. The largest absolute Gasteiger partial charge is 0.859 e. The Balaban J connectivity index is 1.79. The van der Waals surface area contributed by atoms with Gasteiger partial charge in [-0.3, -0.25) is 19.7 Å². The summed E-state index contributed by atoms with van der Waals surface area (Å²) in [6.45, 7) is 7.62. The molecule has 0 fully saturated rings. The normalized spacial score (nSPS) is 12.5. The van der Waals surface area contributed by atoms with Crippen molar-refractivity contribution < 1.29 is 19.4 Å². The number of H-pyrrole nitrogens is 1. The van der Waals surface area contributed by atoms with Crippen LogP contribution in [0.1, 0.15) is 35.3 Å². The smallest absolute Gasteiger partial charge is 0.285 e. The van der Waals surface area contributed by atoms with Gasteiger partial charge in [0.05, 0.1) is 18.0 Å². The van der Waals surface area contributed by atoms with Gasteiger partial charge in [-0.1, -0.05) is 17.7 Å². The van der Waals surface area contributed by atoms with E-state index < -0.39 is 17.6 Å². The number of aliphatic imine (C=N–C) groups is 1. The van der Waals surface area contributed by atoms with E-state index in [4.69, 9.17) is 9.47 Å². The molecule has 1 N–H and O–H groups in total. The lowest BCUT2D eigenvalue weighted by Crippen LogP contribution is -2.34. The van der Waals surface area contributed by atoms with Crippen LogP contribution in [0.2, 0.25) is 0 Å². The number of benzene rings is 2. The second kappa shape index (κ2) is 9.34. The van der Waals surface area contributed by atoms with Crippen molar-refractivity contribution in [3.05, 3.63) is 69.5 Å². The van der Waals surface area contributed by atoms with E-state index in [2.05, 4.69) is 10.1 Å². The van der Waals surface area contributed by atoms with E-state index in [1.165, 1.54) is 4.68 Å². The first-order valence-electron chi connectivity index (χ1n) is 9.87. The number of ether oxygens (including phenoxy) is 2. The minimum atomic E-state index is -0.754. The molecule has 162 valence electrons. The molecule has 0 radical (unpaired) electrons. The summed E-state index contributed by atoms with van der Waals surface area (Å²) in [6, 6.07) is 12.2. The molecule has 3 rings (SSSR count). The molecule has 31 heavy (non-hydrogen) atoms. The van der Waals surface area contributed by atoms with Gasteiger partial charge in [0.1, 0.15) is 17.4 Å². The van der Waals surface area contributed by atoms with Crippen molar-refractivity contribution in [1.82, 2.24) is 9.78 Å². The second-order valence-corrected chi connectivity index (χ2v) is 7.04. The van der Waals surface area contributed by atoms with Gasteiger partial charge in [-0.2, -0.15) is 0 Å². The lowest BCUT2D eigenvalue weighted by atomic mass is 10.1. The quantitative estimate of drug-likeness (QED) is 0.341. The van der Waals surface area contributed by atoms with Crippen molar-refractivity contribution in [3.8, 4) is 17.3 Å². The van der Waals surface area contributed by atoms with Crippen LogP contribution >= 0.6 is 0 Å². The molecule has 8 nitrogen and oxygen atoms in total. The average molecular weight is 422 g/mol. The molecule has 1 atom stereocenters. The average Bonchev–Trinajstić information content (AvgIpc) is 3.06. The Morgan fingerprint density at radius 3 is 2.55 bits per heavy atom. The number of aryl methyl sites for hydroxylation is 2. The zero-order chi connectivity index (χ0) is 22.5. The number of aldehydes is 1. The van der Waals surface area contributed by atoms with Crippen molar-refractivity contribution in [2.45, 2.75) is 33.8 Å². The van der Waals surface area contributed by atoms with Gasteiger partial charge in [-0.25, -0.2) is 4.68 Å². The summed E-state index contributed by atoms with van der Waals surface area (Å²) in [5.41, 5.74) is 2.36. The van der Waals surface area contributed by atoms with Crippen molar-refractivity contribution in [2.75, 3.05) is 6.61 Å². The third-order valence-corrected chi connectivity index (χ3v) is 4.63. The molecule has 8 heteroatoms. The fraction of sp³-hybridized carbons (Fsp3) is 0.261. The van der Waals surface area contributed by atoms with Crippen molar-refractivity contribution in [1.29, 1.82) is 0 Å². The first-order chi connectivity index (χ1) is 14.8. The van der Waals surface area contributed by atoms with E-state index in [-0.39, 0.29) is 11.4 Å². The molecule has 3 aromatic rings. The molecule has 1 aromatic heterocycles. The zero-order valence-electron chi connectivity index (χ0n) is 17.8. The molecule has 0 saturated carbocycles. The van der Waals surface area contributed by atoms with Crippen LogP contribution in [-0.2, 0) is 0 Å². The third-order valence-electron chi connectivity index (χ3n) is 4.63. The number of aromatic nitrogens is 2. The third kappa shape index (κ3) is 4.85. The summed E-state index contributed by atoms with van der Waals surface area (Å²) in [6.07, 6.45) is -0.296. The fourth-order valence-corrected chi connectivity index (χ4v) is 3.04. The Bertz CT molecular complexity index is 1160. The monoisotopic (exact) mass is 422 g/mol. The molecular formula is C23H24N3O5-. The summed E-state index contributed by atoms with van der Waals surface area (Å²) in [5, 5.41) is 15.2. The highest BCUT2D eigenvalue weighted by atomic mass is 16.5. The highest BCUT2D eigenvalue weighted by Gasteiger charge is 2.15. The summed E-state index contributed by atoms with van der Waals surface area (Å²) in [7, 11) is 0. The molecule has 0 amide bonds. The number of hydrogen-bond donors (Lipinski definition) is 1. The minimum Gasteiger partial charge on any atom is -0.859 e. The molecule has 0 aliphatic carbocycles. The maximum atomic E-state index is 12.5. The molecular weight excluding hydrogens is 398 g/mol. The van der Waals surface area contributed by atoms with Gasteiger partial charge < -0.3 is 14.6 Å². The first kappa shape index (κ1) is 21.9. The van der Waals surface area contributed by atoms with E-state index in [9.17, 15) is 14.7 Å². The lowest BCUT2D eigenvalue weighted by molar-refractivity contribution is -0.225. The number of nitrogens with one attached hydrogen (secondary N) is 1. The predicted octanol–water partition coefficient (Wildman–Crippen LogP) is 2.85. The van der Waals surface area contributed by atoms with Gasteiger partial charge in [0, 0.05) is 5.90 Å². The second-order valence-electron chi connectivity index (χ2n) is 7.04. The van der Waals surface area contributed by atoms with Gasteiger partial charge in [0.15, 0.2) is 6.29 Å². The molecule has 0 bridgehead atoms. The summed E-state index contributed by atoms with van der Waals surface area (Å²) >= 11 is 0. The SMILES string of the molecule is CCOc1[nH]n(-c2ccc(N=C([O-])C(C)Oc3ccc(C)cc3C)cc2)c(=O)c1C=O. The molecule has 0 aliphatic rings. The number of carbonyl (C=O) groups is 1. The van der Waals surface area contributed by atoms with Gasteiger partial charge in [0.25, 0.3) is 5.56 Å². The van der Waals surface area contributed by atoms with Crippen LogP contribution in [0.3, 0.4) is 0 Å². The lowest BCUT2D eigenvalue weighted by Gasteiger charge is -2.22. The van der Waals surface area contributed by atoms with E-state index in [1.807, 2.05) is 32.0 Å².